The van der Waals surface area contributed by atoms with Crippen molar-refractivity contribution >= 4 is 27.3 Å². The minimum atomic E-state index is -3.21. The van der Waals surface area contributed by atoms with Crippen LogP contribution in [0.4, 0.5) is 11.4 Å². The fraction of sp³-hybridized carbons (Fsp3) is 0.409. The topological polar surface area (TPSA) is 57.7 Å². The van der Waals surface area contributed by atoms with Crippen LogP contribution in [-0.4, -0.2) is 33.2 Å². The number of anilines is 2. The molecule has 5 nitrogen and oxygen atoms in total. The lowest BCUT2D eigenvalue weighted by molar-refractivity contribution is 0.0986. The predicted octanol–water partition coefficient (Wildman–Crippen LogP) is 4.02. The van der Waals surface area contributed by atoms with Crippen molar-refractivity contribution in [2.24, 2.45) is 5.41 Å². The minimum absolute atomic E-state index is 0.0463. The predicted molar refractivity (Wildman–Crippen MR) is 113 cm³/mol. The van der Waals surface area contributed by atoms with Crippen LogP contribution in [0.3, 0.4) is 0 Å². The van der Waals surface area contributed by atoms with Gasteiger partial charge in [0.1, 0.15) is 0 Å². The average Bonchev–Trinajstić information content (AvgIpc) is 3.21. The number of benzene rings is 2. The highest BCUT2D eigenvalue weighted by Crippen LogP contribution is 2.46. The molecule has 1 saturated heterocycles. The first-order chi connectivity index (χ1) is 13.2. The van der Waals surface area contributed by atoms with Crippen LogP contribution >= 0.6 is 0 Å². The van der Waals surface area contributed by atoms with Crippen LogP contribution in [0.5, 0.6) is 0 Å². The van der Waals surface area contributed by atoms with Crippen molar-refractivity contribution < 1.29 is 13.2 Å². The second-order valence-corrected chi connectivity index (χ2v) is 10.7. The largest absolute Gasteiger partial charge is 0.307 e. The molecule has 0 aromatic heterocycles. The van der Waals surface area contributed by atoms with E-state index in [2.05, 4.69) is 26.8 Å². The molecule has 2 aromatic carbocycles. The Kier molecular flexibility index (Phi) is 4.49. The number of carbonyl (C=O) groups is 1. The normalized spacial score (nSPS) is 21.0. The monoisotopic (exact) mass is 398 g/mol. The first-order valence-electron chi connectivity index (χ1n) is 9.70. The van der Waals surface area contributed by atoms with Gasteiger partial charge in [-0.3, -0.25) is 9.10 Å². The van der Waals surface area contributed by atoms with Gasteiger partial charge in [0.05, 0.1) is 11.4 Å². The molecular formula is C22H26N2O3S. The van der Waals surface area contributed by atoms with Gasteiger partial charge in [0.15, 0.2) is 0 Å². The van der Waals surface area contributed by atoms with E-state index >= 15 is 0 Å². The van der Waals surface area contributed by atoms with E-state index in [4.69, 9.17) is 0 Å². The van der Waals surface area contributed by atoms with Crippen molar-refractivity contribution in [2.75, 3.05) is 28.0 Å². The van der Waals surface area contributed by atoms with Crippen molar-refractivity contribution in [3.8, 4) is 0 Å². The van der Waals surface area contributed by atoms with Gasteiger partial charge < -0.3 is 4.90 Å². The van der Waals surface area contributed by atoms with Crippen LogP contribution in [0.15, 0.2) is 48.5 Å². The van der Waals surface area contributed by atoms with Crippen LogP contribution in [0.2, 0.25) is 0 Å². The molecule has 0 aliphatic carbocycles. The van der Waals surface area contributed by atoms with Gasteiger partial charge in [0.25, 0.3) is 5.91 Å². The van der Waals surface area contributed by atoms with Crippen molar-refractivity contribution in [1.29, 1.82) is 0 Å². The number of hydrogen-bond donors (Lipinski definition) is 0. The van der Waals surface area contributed by atoms with Gasteiger partial charge in [-0.1, -0.05) is 39.0 Å². The first-order valence-corrected chi connectivity index (χ1v) is 11.3. The van der Waals surface area contributed by atoms with Gasteiger partial charge in [-0.2, -0.15) is 0 Å². The fourth-order valence-electron chi connectivity index (χ4n) is 4.20. The molecule has 6 heteroatoms. The number of fused-ring (bicyclic) bond motifs is 1. The van der Waals surface area contributed by atoms with Crippen molar-refractivity contribution in [3.63, 3.8) is 0 Å². The molecule has 2 aromatic rings. The molecule has 0 radical (unpaired) electrons. The zero-order chi connectivity index (χ0) is 20.1. The highest BCUT2D eigenvalue weighted by Gasteiger charge is 2.38. The second kappa shape index (κ2) is 6.62. The van der Waals surface area contributed by atoms with E-state index in [1.165, 1.54) is 9.87 Å². The molecule has 0 bridgehead atoms. The SMILES string of the molecule is CC(C)(C)C1CN(C(=O)c2ccc(N3CCCS3(=O)=O)cc2)c2ccccc21. The maximum absolute atomic E-state index is 13.2. The van der Waals surface area contributed by atoms with Crippen LogP contribution < -0.4 is 9.21 Å². The van der Waals surface area contributed by atoms with Crippen molar-refractivity contribution in [3.05, 3.63) is 59.7 Å². The van der Waals surface area contributed by atoms with Crippen LogP contribution in [0, 0.1) is 5.41 Å². The molecule has 1 amide bonds. The third-order valence-corrected chi connectivity index (χ3v) is 7.63. The molecule has 2 aliphatic rings. The molecule has 0 saturated carbocycles. The lowest BCUT2D eigenvalue weighted by Crippen LogP contribution is -2.32. The molecule has 1 unspecified atom stereocenters. The van der Waals surface area contributed by atoms with Gasteiger partial charge >= 0.3 is 0 Å². The summed E-state index contributed by atoms with van der Waals surface area (Å²) in [6.07, 6.45) is 0.641. The van der Waals surface area contributed by atoms with Crippen LogP contribution in [0.1, 0.15) is 49.0 Å². The number of para-hydroxylation sites is 1. The maximum Gasteiger partial charge on any atom is 0.258 e. The fourth-order valence-corrected chi connectivity index (χ4v) is 5.76. The van der Waals surface area contributed by atoms with E-state index in [0.717, 1.165) is 5.69 Å². The lowest BCUT2D eigenvalue weighted by Gasteiger charge is -2.27. The molecule has 0 spiro atoms. The molecule has 4 rings (SSSR count). The Balaban J connectivity index is 1.62. The number of nitrogens with zero attached hydrogens (tertiary/aromatic N) is 2. The zero-order valence-corrected chi connectivity index (χ0v) is 17.4. The van der Waals surface area contributed by atoms with Gasteiger partial charge in [-0.25, -0.2) is 8.42 Å². The Morgan fingerprint density at radius 3 is 2.32 bits per heavy atom. The summed E-state index contributed by atoms with van der Waals surface area (Å²) in [4.78, 5) is 15.1. The molecule has 0 N–H and O–H groups in total. The number of sulfonamides is 1. The van der Waals surface area contributed by atoms with Crippen LogP contribution in [-0.2, 0) is 10.0 Å². The summed E-state index contributed by atoms with van der Waals surface area (Å²) in [5.41, 5.74) is 3.44. The molecule has 1 fully saturated rings. The summed E-state index contributed by atoms with van der Waals surface area (Å²) in [5.74, 6) is 0.420. The summed E-state index contributed by atoms with van der Waals surface area (Å²) in [7, 11) is -3.21. The second-order valence-electron chi connectivity index (χ2n) is 8.68. The van der Waals surface area contributed by atoms with E-state index in [-0.39, 0.29) is 23.0 Å². The number of amides is 1. The molecule has 2 aliphatic heterocycles. The number of carbonyl (C=O) groups excluding carboxylic acids is 1. The van der Waals surface area contributed by atoms with Gasteiger partial charge in [-0.05, 0) is 47.7 Å². The average molecular weight is 399 g/mol. The van der Waals surface area contributed by atoms with E-state index < -0.39 is 10.0 Å². The van der Waals surface area contributed by atoms with Crippen LogP contribution in [0.25, 0.3) is 0 Å². The summed E-state index contributed by atoms with van der Waals surface area (Å²) in [6, 6.07) is 15.0. The van der Waals surface area contributed by atoms with Crippen molar-refractivity contribution in [1.82, 2.24) is 0 Å². The third-order valence-electron chi connectivity index (χ3n) is 5.76. The Hall–Kier alpha value is -2.34. The Morgan fingerprint density at radius 2 is 1.71 bits per heavy atom. The van der Waals surface area contributed by atoms with Gasteiger partial charge in [0.2, 0.25) is 10.0 Å². The first kappa shape index (κ1) is 19.0. The Labute approximate surface area is 167 Å². The quantitative estimate of drug-likeness (QED) is 0.768. The molecule has 28 heavy (non-hydrogen) atoms. The Bertz CT molecular complexity index is 1010. The zero-order valence-electron chi connectivity index (χ0n) is 16.6. The summed E-state index contributed by atoms with van der Waals surface area (Å²) < 4.78 is 25.6. The van der Waals surface area contributed by atoms with Crippen molar-refractivity contribution in [2.45, 2.75) is 33.1 Å². The molecular weight excluding hydrogens is 372 g/mol. The van der Waals surface area contributed by atoms with E-state index in [1.54, 1.807) is 24.3 Å². The lowest BCUT2D eigenvalue weighted by atomic mass is 9.78. The smallest absolute Gasteiger partial charge is 0.258 e. The third kappa shape index (κ3) is 3.20. The standard InChI is InChI=1S/C22H26N2O3S/c1-22(2,3)19-15-23(20-8-5-4-7-18(19)20)21(25)16-9-11-17(12-10-16)24-13-6-14-28(24,26)27/h4-5,7-12,19H,6,13-15H2,1-3H3. The maximum atomic E-state index is 13.2. The summed E-state index contributed by atoms with van der Waals surface area (Å²) >= 11 is 0. The molecule has 1 atom stereocenters. The highest BCUT2D eigenvalue weighted by atomic mass is 32.2. The summed E-state index contributed by atoms with van der Waals surface area (Å²) in [5, 5.41) is 0. The molecule has 2 heterocycles. The van der Waals surface area contributed by atoms with Gasteiger partial charge in [0, 0.05) is 30.3 Å². The van der Waals surface area contributed by atoms with Gasteiger partial charge in [-0.15, -0.1) is 0 Å². The number of rotatable bonds is 2. The van der Waals surface area contributed by atoms with E-state index in [9.17, 15) is 13.2 Å². The number of hydrogen-bond acceptors (Lipinski definition) is 3. The Morgan fingerprint density at radius 1 is 1.04 bits per heavy atom. The highest BCUT2D eigenvalue weighted by molar-refractivity contribution is 7.93. The summed E-state index contributed by atoms with van der Waals surface area (Å²) in [6.45, 7) is 7.77. The van der Waals surface area contributed by atoms with E-state index in [0.29, 0.717) is 30.8 Å². The van der Waals surface area contributed by atoms with E-state index in [1.807, 2.05) is 23.1 Å². The minimum Gasteiger partial charge on any atom is -0.307 e. The molecule has 148 valence electrons.